The zero-order valence-corrected chi connectivity index (χ0v) is 9.94. The average molecular weight is 199 g/mol. The molecule has 0 unspecified atom stereocenters. The van der Waals surface area contributed by atoms with Gasteiger partial charge in [-0.2, -0.15) is 0 Å². The average Bonchev–Trinajstić information content (AvgIpc) is 2.31. The van der Waals surface area contributed by atoms with Gasteiger partial charge in [0.15, 0.2) is 0 Å². The van der Waals surface area contributed by atoms with Crippen LogP contribution in [0.2, 0.25) is 0 Å². The highest BCUT2D eigenvalue weighted by molar-refractivity contribution is 4.83. The number of methoxy groups -OCH3 is 1. The number of hydrogen-bond donors (Lipinski definition) is 1. The zero-order valence-electron chi connectivity index (χ0n) is 9.94. The first-order valence-electron chi connectivity index (χ1n) is 5.91. The first-order valence-corrected chi connectivity index (χ1v) is 5.91. The summed E-state index contributed by atoms with van der Waals surface area (Å²) in [6.07, 6.45) is 8.30. The summed E-state index contributed by atoms with van der Waals surface area (Å²) in [6, 6.07) is 0.711. The Labute approximate surface area is 88.4 Å². The van der Waals surface area contributed by atoms with Gasteiger partial charge in [0.05, 0.1) is 6.61 Å². The highest BCUT2D eigenvalue weighted by Crippen LogP contribution is 2.19. The van der Waals surface area contributed by atoms with E-state index in [0.29, 0.717) is 6.04 Å². The third kappa shape index (κ3) is 4.43. The van der Waals surface area contributed by atoms with Crippen LogP contribution in [0.3, 0.4) is 0 Å². The summed E-state index contributed by atoms with van der Waals surface area (Å²) in [5.74, 6) is 0. The van der Waals surface area contributed by atoms with Crippen molar-refractivity contribution >= 4 is 0 Å². The van der Waals surface area contributed by atoms with E-state index in [0.717, 1.165) is 6.61 Å². The van der Waals surface area contributed by atoms with Gasteiger partial charge in [0, 0.05) is 18.7 Å². The molecule has 2 heteroatoms. The number of hydrogen-bond acceptors (Lipinski definition) is 2. The molecule has 0 aliphatic heterocycles. The summed E-state index contributed by atoms with van der Waals surface area (Å²) in [7, 11) is 1.77. The SMILES string of the molecule is COCC(C)(C)NC1CCCCCC1. The minimum atomic E-state index is 0.129. The quantitative estimate of drug-likeness (QED) is 0.703. The lowest BCUT2D eigenvalue weighted by molar-refractivity contribution is 0.118. The standard InChI is InChI=1S/C12H25NO/c1-12(2,10-14-3)13-11-8-6-4-5-7-9-11/h11,13H,4-10H2,1-3H3. The summed E-state index contributed by atoms with van der Waals surface area (Å²) in [4.78, 5) is 0. The fourth-order valence-corrected chi connectivity index (χ4v) is 2.38. The molecule has 1 fully saturated rings. The fourth-order valence-electron chi connectivity index (χ4n) is 2.38. The minimum Gasteiger partial charge on any atom is -0.383 e. The van der Waals surface area contributed by atoms with Crippen LogP contribution in [0.15, 0.2) is 0 Å². The smallest absolute Gasteiger partial charge is 0.0639 e. The first-order chi connectivity index (χ1) is 6.64. The Morgan fingerprint density at radius 2 is 1.71 bits per heavy atom. The van der Waals surface area contributed by atoms with E-state index < -0.39 is 0 Å². The molecular weight excluding hydrogens is 174 g/mol. The molecule has 0 aromatic rings. The molecule has 0 heterocycles. The van der Waals surface area contributed by atoms with Crippen LogP contribution < -0.4 is 5.32 Å². The molecule has 0 saturated heterocycles. The summed E-state index contributed by atoms with van der Waals surface area (Å²) in [5.41, 5.74) is 0.129. The van der Waals surface area contributed by atoms with Gasteiger partial charge in [0.1, 0.15) is 0 Å². The maximum atomic E-state index is 5.22. The molecule has 0 aromatic carbocycles. The lowest BCUT2D eigenvalue weighted by atomic mass is 10.0. The number of nitrogens with one attached hydrogen (secondary N) is 1. The lowest BCUT2D eigenvalue weighted by Gasteiger charge is -2.31. The van der Waals surface area contributed by atoms with Crippen molar-refractivity contribution in [2.45, 2.75) is 64.0 Å². The normalized spacial score (nSPS) is 20.8. The van der Waals surface area contributed by atoms with E-state index in [1.165, 1.54) is 38.5 Å². The van der Waals surface area contributed by atoms with Crippen molar-refractivity contribution < 1.29 is 4.74 Å². The summed E-state index contributed by atoms with van der Waals surface area (Å²) in [6.45, 7) is 5.24. The highest BCUT2D eigenvalue weighted by atomic mass is 16.5. The predicted molar refractivity (Wildman–Crippen MR) is 60.6 cm³/mol. The minimum absolute atomic E-state index is 0.129. The Bertz CT molecular complexity index is 148. The van der Waals surface area contributed by atoms with E-state index in [-0.39, 0.29) is 5.54 Å². The monoisotopic (exact) mass is 199 g/mol. The maximum absolute atomic E-state index is 5.22. The first kappa shape index (κ1) is 12.0. The third-order valence-electron chi connectivity index (χ3n) is 2.96. The fraction of sp³-hybridized carbons (Fsp3) is 1.00. The molecule has 0 radical (unpaired) electrons. The van der Waals surface area contributed by atoms with Crippen molar-refractivity contribution in [3.05, 3.63) is 0 Å². The van der Waals surface area contributed by atoms with E-state index >= 15 is 0 Å². The predicted octanol–water partition coefficient (Wildman–Crippen LogP) is 2.72. The van der Waals surface area contributed by atoms with Crippen molar-refractivity contribution in [3.8, 4) is 0 Å². The largest absolute Gasteiger partial charge is 0.383 e. The van der Waals surface area contributed by atoms with E-state index in [2.05, 4.69) is 19.2 Å². The molecule has 0 aromatic heterocycles. The van der Waals surface area contributed by atoms with Gasteiger partial charge in [-0.3, -0.25) is 0 Å². The van der Waals surface area contributed by atoms with Crippen LogP contribution >= 0.6 is 0 Å². The van der Waals surface area contributed by atoms with Gasteiger partial charge in [0.2, 0.25) is 0 Å². The van der Waals surface area contributed by atoms with Crippen LogP contribution in [0.25, 0.3) is 0 Å². The molecule has 0 amide bonds. The Hall–Kier alpha value is -0.0800. The van der Waals surface area contributed by atoms with Gasteiger partial charge in [0.25, 0.3) is 0 Å². The van der Waals surface area contributed by atoms with E-state index in [1.54, 1.807) is 7.11 Å². The third-order valence-corrected chi connectivity index (χ3v) is 2.96. The van der Waals surface area contributed by atoms with Crippen molar-refractivity contribution in [2.75, 3.05) is 13.7 Å². The van der Waals surface area contributed by atoms with Crippen LogP contribution in [0, 0.1) is 0 Å². The van der Waals surface area contributed by atoms with Crippen molar-refractivity contribution in [1.29, 1.82) is 0 Å². The Kier molecular flexibility index (Phi) is 4.90. The molecule has 1 N–H and O–H groups in total. The number of rotatable bonds is 4. The van der Waals surface area contributed by atoms with Crippen LogP contribution in [-0.2, 0) is 4.74 Å². The Balaban J connectivity index is 2.33. The summed E-state index contributed by atoms with van der Waals surface area (Å²) >= 11 is 0. The van der Waals surface area contributed by atoms with Crippen LogP contribution in [0.1, 0.15) is 52.4 Å². The van der Waals surface area contributed by atoms with Crippen LogP contribution in [0.4, 0.5) is 0 Å². The van der Waals surface area contributed by atoms with Gasteiger partial charge in [-0.05, 0) is 26.7 Å². The van der Waals surface area contributed by atoms with E-state index in [9.17, 15) is 0 Å². The molecule has 14 heavy (non-hydrogen) atoms. The Morgan fingerprint density at radius 1 is 1.14 bits per heavy atom. The van der Waals surface area contributed by atoms with Crippen LogP contribution in [-0.4, -0.2) is 25.3 Å². The number of ether oxygens (including phenoxy) is 1. The van der Waals surface area contributed by atoms with Gasteiger partial charge < -0.3 is 10.1 Å². The van der Waals surface area contributed by atoms with Crippen molar-refractivity contribution in [3.63, 3.8) is 0 Å². The van der Waals surface area contributed by atoms with Gasteiger partial charge in [-0.25, -0.2) is 0 Å². The van der Waals surface area contributed by atoms with Crippen LogP contribution in [0.5, 0.6) is 0 Å². The molecule has 1 rings (SSSR count). The van der Waals surface area contributed by atoms with Gasteiger partial charge in [-0.1, -0.05) is 25.7 Å². The molecular formula is C12H25NO. The molecule has 0 bridgehead atoms. The molecule has 0 spiro atoms. The zero-order chi connectivity index (χ0) is 10.4. The lowest BCUT2D eigenvalue weighted by Crippen LogP contribution is -2.48. The molecule has 1 aliphatic carbocycles. The van der Waals surface area contributed by atoms with Gasteiger partial charge in [-0.15, -0.1) is 0 Å². The Morgan fingerprint density at radius 3 is 2.21 bits per heavy atom. The molecule has 2 nitrogen and oxygen atoms in total. The molecule has 1 aliphatic rings. The molecule has 0 atom stereocenters. The summed E-state index contributed by atoms with van der Waals surface area (Å²) < 4.78 is 5.22. The second kappa shape index (κ2) is 5.72. The topological polar surface area (TPSA) is 21.3 Å². The maximum Gasteiger partial charge on any atom is 0.0639 e. The molecule has 1 saturated carbocycles. The van der Waals surface area contributed by atoms with E-state index in [4.69, 9.17) is 4.74 Å². The molecule has 84 valence electrons. The van der Waals surface area contributed by atoms with Gasteiger partial charge >= 0.3 is 0 Å². The highest BCUT2D eigenvalue weighted by Gasteiger charge is 2.22. The second-order valence-electron chi connectivity index (χ2n) is 5.15. The second-order valence-corrected chi connectivity index (χ2v) is 5.15. The van der Waals surface area contributed by atoms with E-state index in [1.807, 2.05) is 0 Å². The van der Waals surface area contributed by atoms with Crippen molar-refractivity contribution in [1.82, 2.24) is 5.32 Å². The van der Waals surface area contributed by atoms with Crippen molar-refractivity contribution in [2.24, 2.45) is 0 Å². The summed E-state index contributed by atoms with van der Waals surface area (Å²) in [5, 5.41) is 3.71.